The van der Waals surface area contributed by atoms with Crippen LogP contribution in [-0.2, 0) is 48.5 Å². The Hall–Kier alpha value is -10.6. The molecule has 784 valence electrons. The summed E-state index contributed by atoms with van der Waals surface area (Å²) in [6.07, 6.45) is 3.15. The van der Waals surface area contributed by atoms with Gasteiger partial charge >= 0.3 is 0 Å². The van der Waals surface area contributed by atoms with Crippen LogP contribution in [0.1, 0.15) is 169 Å². The number of methoxy groups -OCH3 is 3. The fourth-order valence-electron chi connectivity index (χ4n) is 25.2. The van der Waals surface area contributed by atoms with Gasteiger partial charge in [0.25, 0.3) is 11.8 Å². The molecule has 12 aliphatic rings. The second-order valence-corrected chi connectivity index (χ2v) is 43.9. The number of carbonyl (C=O) groups is 6. The summed E-state index contributed by atoms with van der Waals surface area (Å²) in [6.45, 7) is 25.9. The van der Waals surface area contributed by atoms with Gasteiger partial charge in [-0.1, -0.05) is 123 Å². The Morgan fingerprint density at radius 1 is 0.438 bits per heavy atom. The number of ether oxygens (including phenoxy) is 3. The molecule has 9 aliphatic carbocycles. The summed E-state index contributed by atoms with van der Waals surface area (Å²) >= 11 is 0. The number of para-hydroxylation sites is 3. The Kier molecular flexibility index (Phi) is 34.7. The van der Waals surface area contributed by atoms with Crippen LogP contribution in [0, 0.1) is 87.3 Å². The highest BCUT2D eigenvalue weighted by Crippen LogP contribution is 2.64. The number of pyridine rings is 1. The minimum atomic E-state index is -0.902. The molecule has 33 heteroatoms. The first kappa shape index (κ1) is 109. The summed E-state index contributed by atoms with van der Waals surface area (Å²) in [5.74, 6) is 3.24. The standard InChI is InChI=1S/C41H56N6O6.C36H52N4O7.C34H48N4O6/c1-24-32-20-29(41(32,3)4)21-33(24)45-40(51)37-36(25(2)49)34(23-48)53-47(37)22-26-11-10-12-31(38(26)52-7)27-17-28(19-30(18-27)46(5)6)39(50)44-16-15-43-35-13-8-9-14-42-35;1-20-28-16-25(36(28,3)4)17-29(20)38-35(45)32-31(21(2)43)30(19-42)47-40(32)18-22-9-8-10-27(33(22)46-7)23-13-24(34(44)37-11-12-41)15-26(14-23)39(5)6;1-18-26-14-23(34(26,3)4)15-27(18)36-33(42)30-29(19(2)40)28(17-39)44-38(30)16-20-9-8-10-25(31(20)43-7)21-11-22(32(35)41)13-24(12-21)37(5)6/h8-14,17-19,24-25,29,32-34,36-37,48-49H,15-16,20-23H2,1-7H3,(H,42,43)(H,44,50)(H,45,51);8-10,13-15,20-21,25,28-32,41-43H,11-12,16-19H2,1-7H3,(H,37,44)(H,38,45);8-13,18-19,23,26-30,39-40H,14-17H2,1-7H3,(H2,35,41)(H,36,42)/t24-,25-,29+,32-,33-,34-,36+,37-;20-,21-,25+,28-,29-,30-,31-,32-;18-,19-,23+,26-,27-,28-,29-,30-/m000/s1. The zero-order valence-corrected chi connectivity index (χ0v) is 87.6. The van der Waals surface area contributed by atoms with Crippen molar-refractivity contribution in [3.05, 3.63) is 167 Å². The van der Waals surface area contributed by atoms with Crippen molar-refractivity contribution in [1.29, 1.82) is 0 Å². The van der Waals surface area contributed by atoms with Crippen LogP contribution in [0.15, 0.2) is 134 Å². The van der Waals surface area contributed by atoms with E-state index in [4.69, 9.17) is 34.5 Å². The van der Waals surface area contributed by atoms with Crippen molar-refractivity contribution < 1.29 is 93.2 Å². The number of aliphatic hydroxyl groups excluding tert-OH is 7. The van der Waals surface area contributed by atoms with Crippen LogP contribution in [-0.4, -0.2) is 274 Å². The van der Waals surface area contributed by atoms with Crippen LogP contribution in [0.4, 0.5) is 22.9 Å². The Balaban J connectivity index is 0.000000172. The topological polar surface area (TPSA) is 430 Å². The van der Waals surface area contributed by atoms with Crippen molar-refractivity contribution >= 4 is 58.3 Å². The predicted octanol–water partition coefficient (Wildman–Crippen LogP) is 10.3. The first-order valence-corrected chi connectivity index (χ1v) is 51.1. The lowest BCUT2D eigenvalue weighted by Crippen LogP contribution is -2.62. The number of aromatic nitrogens is 1. The van der Waals surface area contributed by atoms with Gasteiger partial charge in [-0.25, -0.2) is 4.98 Å². The van der Waals surface area contributed by atoms with E-state index in [1.54, 1.807) is 87.8 Å². The van der Waals surface area contributed by atoms with Crippen molar-refractivity contribution in [2.24, 2.45) is 93.0 Å². The van der Waals surface area contributed by atoms with Gasteiger partial charge in [-0.3, -0.25) is 43.3 Å². The lowest BCUT2D eigenvalue weighted by molar-refractivity contribution is -0.183. The number of aliphatic hydroxyl groups is 7. The lowest BCUT2D eigenvalue weighted by Gasteiger charge is -2.62. The molecule has 3 aliphatic heterocycles. The summed E-state index contributed by atoms with van der Waals surface area (Å²) in [6, 6.07) is 37.1. The summed E-state index contributed by atoms with van der Waals surface area (Å²) in [5.41, 5.74) is 17.1. The molecule has 1 aromatic heterocycles. The maximum Gasteiger partial charge on any atom is 0.251 e. The second-order valence-electron chi connectivity index (χ2n) is 43.9. The van der Waals surface area contributed by atoms with E-state index in [1.165, 1.54) is 19.3 Å². The van der Waals surface area contributed by atoms with Gasteiger partial charge in [0.2, 0.25) is 23.6 Å². The van der Waals surface area contributed by atoms with E-state index in [1.807, 2.05) is 160 Å². The highest BCUT2D eigenvalue weighted by Gasteiger charge is 2.62. The fraction of sp³-hybridized carbons (Fsp3) is 0.577. The summed E-state index contributed by atoms with van der Waals surface area (Å²) in [4.78, 5) is 110. The average Bonchev–Trinajstić information content (AvgIpc) is 1.73. The van der Waals surface area contributed by atoms with Crippen molar-refractivity contribution in [2.45, 2.75) is 214 Å². The highest BCUT2D eigenvalue weighted by atomic mass is 16.7. The molecule has 9 saturated carbocycles. The van der Waals surface area contributed by atoms with Gasteiger partial charge < -0.3 is 102 Å². The number of nitrogens with one attached hydrogen (secondary N) is 6. The second kappa shape index (κ2) is 45.8. The zero-order chi connectivity index (χ0) is 104. The first-order valence-electron chi connectivity index (χ1n) is 51.1. The number of hydrogen-bond donors (Lipinski definition) is 14. The molecular weight excluding hydrogens is 1830 g/mol. The van der Waals surface area contributed by atoms with E-state index in [-0.39, 0.29) is 111 Å². The molecule has 6 aromatic carbocycles. The van der Waals surface area contributed by atoms with E-state index < -0.39 is 78.4 Å². The molecule has 7 aromatic rings. The fourth-order valence-corrected chi connectivity index (χ4v) is 25.2. The van der Waals surface area contributed by atoms with Crippen LogP contribution in [0.25, 0.3) is 33.4 Å². The minimum absolute atomic E-state index is 0.0364. The normalized spacial score (nSPS) is 28.3. The van der Waals surface area contributed by atoms with Gasteiger partial charge in [-0.15, -0.1) is 0 Å². The van der Waals surface area contributed by atoms with Gasteiger partial charge in [0.05, 0.1) is 85.7 Å². The number of nitrogens with two attached hydrogens (primary N) is 1. The number of anilines is 4. The van der Waals surface area contributed by atoms with Gasteiger partial charge in [0, 0.05) is 171 Å². The van der Waals surface area contributed by atoms with Crippen molar-refractivity contribution in [3.8, 4) is 50.6 Å². The largest absolute Gasteiger partial charge is 0.496 e. The first-order chi connectivity index (χ1) is 68.4. The number of benzene rings is 6. The quantitative estimate of drug-likeness (QED) is 0.0162. The summed E-state index contributed by atoms with van der Waals surface area (Å²) in [7, 11) is 16.2. The van der Waals surface area contributed by atoms with E-state index in [2.05, 4.69) is 99.2 Å². The third-order valence-corrected chi connectivity index (χ3v) is 33.9. The van der Waals surface area contributed by atoms with Gasteiger partial charge in [-0.05, 0) is 212 Å². The number of primary amides is 1. The third-order valence-electron chi connectivity index (χ3n) is 33.9. The molecule has 6 amide bonds. The number of nitrogens with zero attached hydrogens (tertiary/aromatic N) is 7. The molecule has 15 N–H and O–H groups in total. The molecule has 3 saturated heterocycles. The molecule has 12 fully saturated rings. The van der Waals surface area contributed by atoms with Crippen LogP contribution in [0.2, 0.25) is 0 Å². The van der Waals surface area contributed by atoms with E-state index in [9.17, 15) is 64.5 Å². The molecule has 19 rings (SSSR count). The smallest absolute Gasteiger partial charge is 0.251 e. The number of fused-ring (bicyclic) bond motifs is 6. The number of hydrogen-bond acceptors (Lipinski definition) is 27. The van der Waals surface area contributed by atoms with Crippen LogP contribution >= 0.6 is 0 Å². The maximum atomic E-state index is 14.2. The molecule has 0 spiro atoms. The maximum absolute atomic E-state index is 14.2. The molecule has 24 atom stereocenters. The molecule has 144 heavy (non-hydrogen) atoms. The van der Waals surface area contributed by atoms with Crippen LogP contribution in [0.5, 0.6) is 17.2 Å². The number of rotatable bonds is 36. The lowest BCUT2D eigenvalue weighted by atomic mass is 9.45. The molecule has 0 unspecified atom stereocenters. The third kappa shape index (κ3) is 22.6. The van der Waals surface area contributed by atoms with Crippen molar-refractivity contribution in [2.75, 3.05) is 130 Å². The Bertz CT molecular complexity index is 5660. The molecule has 6 bridgehead atoms. The van der Waals surface area contributed by atoms with Crippen LogP contribution in [0.3, 0.4) is 0 Å². The van der Waals surface area contributed by atoms with Crippen molar-refractivity contribution in [1.82, 2.24) is 46.8 Å². The average molecular weight is 1990 g/mol. The molecular formula is C111H156N14O19. The Labute approximate surface area is 848 Å². The zero-order valence-electron chi connectivity index (χ0n) is 87.6. The van der Waals surface area contributed by atoms with Gasteiger partial charge in [0.1, 0.15) is 59.5 Å². The molecule has 4 heterocycles. The predicted molar refractivity (Wildman–Crippen MR) is 554 cm³/mol. The highest BCUT2D eigenvalue weighted by molar-refractivity contribution is 5.99. The van der Waals surface area contributed by atoms with Gasteiger partial charge in [-0.2, -0.15) is 15.2 Å². The van der Waals surface area contributed by atoms with Gasteiger partial charge in [0.15, 0.2) is 0 Å². The summed E-state index contributed by atoms with van der Waals surface area (Å²) < 4.78 is 17.9. The SMILES string of the molecule is COc1c(CN2O[C@@H](CO)[C@@H]([C@H](C)O)[C@H]2C(=O)N[C@H]2C[C@H]3C[C@@H]([C@@H]2C)C3(C)C)cccc1-c1cc(C(=O)NCCNc2ccccn2)cc(N(C)C)c1.COc1c(CN2O[C@@H](CO)[C@H]([C@H](C)O)[C@H]2C(=O)N[C@H]2C[C@H]3C[C@@H]([C@@H]2C)C3(C)C)cccc1-c1cc(C(=O)NCCO)cc(N(C)C)c1.COc1c(CN2O[C@@H](CO)[C@H]([C@H](C)O)[C@H]2C(=O)N[C@H]2C[C@H]3C[C@@H]([C@@H]2C)C3(C)C)cccc1-c1cc(C(N)=O)cc(N(C)C)c1. The number of hydroxylamine groups is 6. The number of carbonyl (C=O) groups excluding carboxylic acids is 6. The minimum Gasteiger partial charge on any atom is -0.496 e. The van der Waals surface area contributed by atoms with Crippen molar-refractivity contribution in [3.63, 3.8) is 0 Å². The summed E-state index contributed by atoms with van der Waals surface area (Å²) in [5, 5.41) is 96.2. The van der Waals surface area contributed by atoms with E-state index >= 15 is 0 Å². The van der Waals surface area contributed by atoms with E-state index in [0.29, 0.717) is 106 Å². The number of amides is 6. The van der Waals surface area contributed by atoms with Crippen LogP contribution < -0.4 is 66.5 Å². The molecule has 0 radical (unpaired) electrons. The van der Waals surface area contributed by atoms with E-state index in [0.717, 1.165) is 92.2 Å². The Morgan fingerprint density at radius 2 is 0.757 bits per heavy atom. The monoisotopic (exact) mass is 1990 g/mol. The molecule has 33 nitrogen and oxygen atoms in total. The Morgan fingerprint density at radius 3 is 1.03 bits per heavy atom.